The van der Waals surface area contributed by atoms with Crippen LogP contribution in [0.1, 0.15) is 6.42 Å². The number of hydrogen-bond donors (Lipinski definition) is 3. The Morgan fingerprint density at radius 1 is 1.21 bits per heavy atom. The molecule has 4 N–H and O–H groups in total. The second kappa shape index (κ2) is 5.67. The van der Waals surface area contributed by atoms with E-state index >= 15 is 0 Å². The SMILES string of the molecule is NS(=O)(=O)c1ccc(NC(=O)[C@@H]2C3C=CC(C3)[C@@H]2C(=O)O)c(F)c1. The van der Waals surface area contributed by atoms with Gasteiger partial charge in [-0.2, -0.15) is 0 Å². The van der Waals surface area contributed by atoms with Gasteiger partial charge in [0.15, 0.2) is 0 Å². The zero-order chi connectivity index (χ0) is 17.6. The molecule has 128 valence electrons. The molecule has 2 bridgehead atoms. The van der Waals surface area contributed by atoms with Gasteiger partial charge in [0.2, 0.25) is 15.9 Å². The maximum absolute atomic E-state index is 14.0. The van der Waals surface area contributed by atoms with Crippen LogP contribution in [-0.4, -0.2) is 25.4 Å². The number of benzene rings is 1. The van der Waals surface area contributed by atoms with Crippen LogP contribution in [0.2, 0.25) is 0 Å². The van der Waals surface area contributed by atoms with Crippen molar-refractivity contribution < 1.29 is 27.5 Å². The van der Waals surface area contributed by atoms with Crippen LogP contribution in [0.5, 0.6) is 0 Å². The van der Waals surface area contributed by atoms with Gasteiger partial charge in [-0.05, 0) is 36.5 Å². The van der Waals surface area contributed by atoms with E-state index in [-0.39, 0.29) is 17.5 Å². The predicted octanol–water partition coefficient (Wildman–Crippen LogP) is 0.934. The number of rotatable bonds is 4. The van der Waals surface area contributed by atoms with Crippen LogP contribution in [0.25, 0.3) is 0 Å². The fourth-order valence-corrected chi connectivity index (χ4v) is 4.03. The zero-order valence-corrected chi connectivity index (χ0v) is 13.2. The molecule has 1 fully saturated rings. The molecule has 2 aliphatic rings. The molecule has 0 radical (unpaired) electrons. The van der Waals surface area contributed by atoms with Crippen molar-refractivity contribution in [2.75, 3.05) is 5.32 Å². The molecule has 2 unspecified atom stereocenters. The van der Waals surface area contributed by atoms with Crippen LogP contribution in [0.15, 0.2) is 35.2 Å². The third-order valence-electron chi connectivity index (χ3n) is 4.57. The first-order valence-corrected chi connectivity index (χ1v) is 8.77. The molecule has 0 saturated heterocycles. The van der Waals surface area contributed by atoms with Crippen LogP contribution in [-0.2, 0) is 19.6 Å². The predicted molar refractivity (Wildman–Crippen MR) is 81.8 cm³/mol. The summed E-state index contributed by atoms with van der Waals surface area (Å²) in [4.78, 5) is 23.4. The summed E-state index contributed by atoms with van der Waals surface area (Å²) in [6.07, 6.45) is 4.20. The maximum Gasteiger partial charge on any atom is 0.307 e. The average Bonchev–Trinajstić information content (AvgIpc) is 3.08. The third-order valence-corrected chi connectivity index (χ3v) is 5.49. The number of carboxylic acid groups (broad SMARTS) is 1. The number of allylic oxidation sites excluding steroid dienone is 2. The standard InChI is InChI=1S/C15H15FN2O5S/c16-10-6-9(24(17,22)23)3-4-11(10)18-14(19)12-7-1-2-8(5-7)13(12)15(20)21/h1-4,6-8,12-13H,5H2,(H,18,19)(H,20,21)(H2,17,22,23)/t7?,8?,12-,13+/m1/s1. The molecule has 1 saturated carbocycles. The summed E-state index contributed by atoms with van der Waals surface area (Å²) in [6.45, 7) is 0. The molecule has 0 aromatic heterocycles. The van der Waals surface area contributed by atoms with Crippen molar-refractivity contribution in [2.24, 2.45) is 28.8 Å². The molecule has 0 heterocycles. The summed E-state index contributed by atoms with van der Waals surface area (Å²) >= 11 is 0. The first-order chi connectivity index (χ1) is 11.2. The zero-order valence-electron chi connectivity index (χ0n) is 12.3. The Kier molecular flexibility index (Phi) is 3.92. The van der Waals surface area contributed by atoms with E-state index in [0.29, 0.717) is 12.5 Å². The average molecular weight is 354 g/mol. The van der Waals surface area contributed by atoms with E-state index in [4.69, 9.17) is 5.14 Å². The van der Waals surface area contributed by atoms with Crippen molar-refractivity contribution in [1.29, 1.82) is 0 Å². The lowest BCUT2D eigenvalue weighted by atomic mass is 9.82. The van der Waals surface area contributed by atoms with E-state index in [1.54, 1.807) is 6.08 Å². The summed E-state index contributed by atoms with van der Waals surface area (Å²) in [7, 11) is -4.05. The highest BCUT2D eigenvalue weighted by molar-refractivity contribution is 7.89. The molecule has 2 aliphatic carbocycles. The summed E-state index contributed by atoms with van der Waals surface area (Å²) in [6, 6.07) is 2.87. The minimum Gasteiger partial charge on any atom is -0.481 e. The Balaban J connectivity index is 1.83. The lowest BCUT2D eigenvalue weighted by Crippen LogP contribution is -2.36. The maximum atomic E-state index is 14.0. The van der Waals surface area contributed by atoms with Gasteiger partial charge in [0.25, 0.3) is 0 Å². The molecule has 9 heteroatoms. The Morgan fingerprint density at radius 2 is 1.83 bits per heavy atom. The van der Waals surface area contributed by atoms with E-state index < -0.39 is 44.4 Å². The second-order valence-corrected chi connectivity index (χ2v) is 7.58. The summed E-state index contributed by atoms with van der Waals surface area (Å²) in [5, 5.41) is 16.6. The van der Waals surface area contributed by atoms with Gasteiger partial charge < -0.3 is 10.4 Å². The highest BCUT2D eigenvalue weighted by atomic mass is 32.2. The largest absolute Gasteiger partial charge is 0.481 e. The van der Waals surface area contributed by atoms with Crippen molar-refractivity contribution in [1.82, 2.24) is 0 Å². The molecule has 1 aromatic rings. The van der Waals surface area contributed by atoms with Gasteiger partial charge in [0, 0.05) is 0 Å². The minimum absolute atomic E-state index is 0.192. The summed E-state index contributed by atoms with van der Waals surface area (Å²) < 4.78 is 36.4. The van der Waals surface area contributed by atoms with E-state index in [1.807, 2.05) is 6.08 Å². The first kappa shape index (κ1) is 16.6. The van der Waals surface area contributed by atoms with Crippen LogP contribution in [0.4, 0.5) is 10.1 Å². The Morgan fingerprint density at radius 3 is 2.38 bits per heavy atom. The lowest BCUT2D eigenvalue weighted by molar-refractivity contribution is -0.146. The number of anilines is 1. The fraction of sp³-hybridized carbons (Fsp3) is 0.333. The highest BCUT2D eigenvalue weighted by Gasteiger charge is 2.51. The normalized spacial score (nSPS) is 28.1. The van der Waals surface area contributed by atoms with Crippen LogP contribution in [0.3, 0.4) is 0 Å². The van der Waals surface area contributed by atoms with Crippen LogP contribution < -0.4 is 10.5 Å². The number of sulfonamides is 1. The number of carbonyl (C=O) groups excluding carboxylic acids is 1. The number of fused-ring (bicyclic) bond motifs is 2. The number of hydrogen-bond acceptors (Lipinski definition) is 4. The molecule has 0 spiro atoms. The van der Waals surface area contributed by atoms with E-state index in [9.17, 15) is 27.5 Å². The second-order valence-electron chi connectivity index (χ2n) is 6.01. The van der Waals surface area contributed by atoms with Gasteiger partial charge >= 0.3 is 5.97 Å². The van der Waals surface area contributed by atoms with Gasteiger partial charge in [0.1, 0.15) is 5.82 Å². The molecule has 1 aromatic carbocycles. The third kappa shape index (κ3) is 2.80. The van der Waals surface area contributed by atoms with Crippen LogP contribution in [0, 0.1) is 29.5 Å². The van der Waals surface area contributed by atoms with Crippen molar-refractivity contribution in [3.8, 4) is 0 Å². The smallest absolute Gasteiger partial charge is 0.307 e. The fourth-order valence-electron chi connectivity index (χ4n) is 3.51. The number of aliphatic carboxylic acids is 1. The topological polar surface area (TPSA) is 127 Å². The molecular weight excluding hydrogens is 339 g/mol. The van der Waals surface area contributed by atoms with Gasteiger partial charge in [0.05, 0.1) is 22.4 Å². The van der Waals surface area contributed by atoms with Gasteiger partial charge in [-0.25, -0.2) is 17.9 Å². The van der Waals surface area contributed by atoms with Crippen molar-refractivity contribution in [2.45, 2.75) is 11.3 Å². The van der Waals surface area contributed by atoms with Gasteiger partial charge in [-0.15, -0.1) is 0 Å². The monoisotopic (exact) mass is 354 g/mol. The van der Waals surface area contributed by atoms with Crippen molar-refractivity contribution in [3.05, 3.63) is 36.2 Å². The Hall–Kier alpha value is -2.26. The number of carbonyl (C=O) groups is 2. The first-order valence-electron chi connectivity index (χ1n) is 7.23. The number of nitrogens with one attached hydrogen (secondary N) is 1. The Labute approximate surface area is 137 Å². The van der Waals surface area contributed by atoms with Gasteiger partial charge in [-0.1, -0.05) is 12.2 Å². The highest BCUT2D eigenvalue weighted by Crippen LogP contribution is 2.48. The molecule has 7 nitrogen and oxygen atoms in total. The van der Waals surface area contributed by atoms with Gasteiger partial charge in [-0.3, -0.25) is 9.59 Å². The molecule has 4 atom stereocenters. The molecular formula is C15H15FN2O5S. The quantitative estimate of drug-likeness (QED) is 0.694. The molecule has 1 amide bonds. The number of carboxylic acids is 1. The van der Waals surface area contributed by atoms with Crippen molar-refractivity contribution in [3.63, 3.8) is 0 Å². The number of primary sulfonamides is 1. The van der Waals surface area contributed by atoms with Crippen LogP contribution >= 0.6 is 0 Å². The summed E-state index contributed by atoms with van der Waals surface area (Å²) in [5.74, 6) is -4.62. The molecule has 24 heavy (non-hydrogen) atoms. The van der Waals surface area contributed by atoms with E-state index in [2.05, 4.69) is 5.32 Å². The molecule has 3 rings (SSSR count). The summed E-state index contributed by atoms with van der Waals surface area (Å²) in [5.41, 5.74) is -0.219. The molecule has 0 aliphatic heterocycles. The Bertz CT molecular complexity index is 851. The number of halogens is 1. The van der Waals surface area contributed by atoms with Crippen molar-refractivity contribution >= 4 is 27.6 Å². The number of nitrogens with two attached hydrogens (primary N) is 1. The lowest BCUT2D eigenvalue weighted by Gasteiger charge is -2.24. The minimum atomic E-state index is -4.05. The van der Waals surface area contributed by atoms with E-state index in [0.717, 1.165) is 12.1 Å². The number of amides is 1. The van der Waals surface area contributed by atoms with E-state index in [1.165, 1.54) is 0 Å².